The van der Waals surface area contributed by atoms with Crippen molar-refractivity contribution in [3.8, 4) is 0 Å². The number of nitrogens with zero attached hydrogens (tertiary/aromatic N) is 3. The molecule has 0 unspecified atom stereocenters. The van der Waals surface area contributed by atoms with Crippen LogP contribution in [0.25, 0.3) is 5.70 Å². The summed E-state index contributed by atoms with van der Waals surface area (Å²) >= 11 is 0. The van der Waals surface area contributed by atoms with Crippen LogP contribution >= 0.6 is 0 Å². The van der Waals surface area contributed by atoms with Gasteiger partial charge in [-0.2, -0.15) is 13.2 Å². The lowest BCUT2D eigenvalue weighted by Crippen LogP contribution is -2.44. The first-order valence-electron chi connectivity index (χ1n) is 12.3. The van der Waals surface area contributed by atoms with E-state index < -0.39 is 49.0 Å². The van der Waals surface area contributed by atoms with Crippen LogP contribution in [0.3, 0.4) is 0 Å². The molecular formula is C27H25F4N3O4S2. The van der Waals surface area contributed by atoms with E-state index in [0.29, 0.717) is 48.2 Å². The molecular weight excluding hydrogens is 570 g/mol. The second-order valence-electron chi connectivity index (χ2n) is 9.58. The first-order valence-corrected chi connectivity index (χ1v) is 15.2. The second kappa shape index (κ2) is 10.2. The van der Waals surface area contributed by atoms with E-state index in [1.807, 2.05) is 11.9 Å². The Morgan fingerprint density at radius 3 is 2.17 bits per heavy atom. The standard InChI is InChI=1S/C27H25F4N3O4S2/c1-32-13-15-33(16-14-32)25-21-9-5-6-10-24(21)39(35,36)26(25)34(40(37,38)20-7-3-2-4-8-20)18-19-11-12-23(28)22(17-19)27(29,30)31/h2-12,17H,13-16,18H2,1H3. The van der Waals surface area contributed by atoms with Gasteiger partial charge in [0.25, 0.3) is 10.0 Å². The van der Waals surface area contributed by atoms with Gasteiger partial charge in [0.15, 0.2) is 5.03 Å². The molecule has 2 heterocycles. The predicted octanol–water partition coefficient (Wildman–Crippen LogP) is 4.40. The number of benzene rings is 3. The number of likely N-dealkylation sites (N-methyl/N-ethyl adjacent to an activating group) is 1. The van der Waals surface area contributed by atoms with Crippen LogP contribution in [0.1, 0.15) is 16.7 Å². The molecule has 0 amide bonds. The van der Waals surface area contributed by atoms with Crippen molar-refractivity contribution in [2.75, 3.05) is 33.2 Å². The molecule has 5 rings (SSSR count). The zero-order valence-corrected chi connectivity index (χ0v) is 22.9. The van der Waals surface area contributed by atoms with Gasteiger partial charge in [0.05, 0.1) is 27.6 Å². The maximum atomic E-state index is 14.1. The summed E-state index contributed by atoms with van der Waals surface area (Å²) in [6, 6.07) is 15.3. The zero-order valence-electron chi connectivity index (χ0n) is 21.3. The summed E-state index contributed by atoms with van der Waals surface area (Å²) in [4.78, 5) is 3.49. The summed E-state index contributed by atoms with van der Waals surface area (Å²) in [5.41, 5.74) is -1.33. The van der Waals surface area contributed by atoms with Crippen molar-refractivity contribution in [2.24, 2.45) is 0 Å². The highest BCUT2D eigenvalue weighted by atomic mass is 32.2. The highest BCUT2D eigenvalue weighted by Gasteiger charge is 2.45. The zero-order chi connectivity index (χ0) is 28.9. The van der Waals surface area contributed by atoms with Gasteiger partial charge in [0.2, 0.25) is 9.84 Å². The molecule has 40 heavy (non-hydrogen) atoms. The van der Waals surface area contributed by atoms with Gasteiger partial charge in [-0.3, -0.25) is 0 Å². The summed E-state index contributed by atoms with van der Waals surface area (Å²) in [7, 11) is -7.16. The molecule has 0 aliphatic carbocycles. The minimum Gasteiger partial charge on any atom is -0.366 e. The fourth-order valence-electron chi connectivity index (χ4n) is 4.87. The van der Waals surface area contributed by atoms with Crippen molar-refractivity contribution in [2.45, 2.75) is 22.5 Å². The Bertz CT molecular complexity index is 1680. The molecule has 1 fully saturated rings. The Kier molecular flexibility index (Phi) is 7.17. The topological polar surface area (TPSA) is 78.0 Å². The number of alkyl halides is 3. The quantitative estimate of drug-likeness (QED) is 0.394. The van der Waals surface area contributed by atoms with Crippen LogP contribution in [0.5, 0.6) is 0 Å². The molecule has 0 saturated carbocycles. The van der Waals surface area contributed by atoms with Crippen molar-refractivity contribution in [1.29, 1.82) is 0 Å². The minimum absolute atomic E-state index is 0.0951. The highest BCUT2D eigenvalue weighted by Crippen LogP contribution is 2.45. The summed E-state index contributed by atoms with van der Waals surface area (Å²) < 4.78 is 112. The third kappa shape index (κ3) is 4.97. The number of sulfone groups is 1. The molecule has 0 N–H and O–H groups in total. The average molecular weight is 596 g/mol. The van der Waals surface area contributed by atoms with E-state index in [0.717, 1.165) is 6.07 Å². The van der Waals surface area contributed by atoms with Gasteiger partial charge < -0.3 is 9.80 Å². The summed E-state index contributed by atoms with van der Waals surface area (Å²) in [5, 5.41) is -0.542. The molecule has 3 aromatic carbocycles. The SMILES string of the molecule is CN1CCN(C2=C(N(Cc3ccc(F)c(C(F)(F)F)c3)S(=O)(=O)c3ccccc3)S(=O)(=O)c3ccccc32)CC1. The van der Waals surface area contributed by atoms with Crippen molar-refractivity contribution in [1.82, 2.24) is 14.1 Å². The highest BCUT2D eigenvalue weighted by molar-refractivity contribution is 7.97. The molecule has 0 aromatic heterocycles. The Labute approximate surface area is 229 Å². The summed E-state index contributed by atoms with van der Waals surface area (Å²) in [6.45, 7) is 1.18. The molecule has 7 nitrogen and oxygen atoms in total. The summed E-state index contributed by atoms with van der Waals surface area (Å²) in [6.07, 6.45) is -5.04. The van der Waals surface area contributed by atoms with Crippen LogP contribution in [0.15, 0.2) is 87.6 Å². The van der Waals surface area contributed by atoms with Gasteiger partial charge in [0.1, 0.15) is 5.82 Å². The van der Waals surface area contributed by atoms with E-state index in [9.17, 15) is 34.4 Å². The van der Waals surface area contributed by atoms with Crippen LogP contribution in [0.2, 0.25) is 0 Å². The Morgan fingerprint density at radius 1 is 0.900 bits per heavy atom. The number of sulfonamides is 1. The average Bonchev–Trinajstić information content (AvgIpc) is 3.15. The van der Waals surface area contributed by atoms with E-state index in [2.05, 4.69) is 0 Å². The van der Waals surface area contributed by atoms with Crippen molar-refractivity contribution >= 4 is 25.6 Å². The minimum atomic E-state index is -5.04. The fraction of sp³-hybridized carbons (Fsp3) is 0.259. The molecule has 1 saturated heterocycles. The van der Waals surface area contributed by atoms with Crippen LogP contribution in [-0.2, 0) is 32.6 Å². The van der Waals surface area contributed by atoms with Crippen molar-refractivity contribution in [3.63, 3.8) is 0 Å². The third-order valence-electron chi connectivity index (χ3n) is 6.93. The Balaban J connectivity index is 1.76. The normalized spacial score (nSPS) is 17.7. The van der Waals surface area contributed by atoms with Crippen LogP contribution in [0.4, 0.5) is 17.6 Å². The van der Waals surface area contributed by atoms with Gasteiger partial charge in [0, 0.05) is 31.7 Å². The molecule has 2 aliphatic rings. The molecule has 0 atom stereocenters. The molecule has 13 heteroatoms. The Morgan fingerprint density at radius 2 is 1.52 bits per heavy atom. The van der Waals surface area contributed by atoms with E-state index in [-0.39, 0.29) is 21.1 Å². The lowest BCUT2D eigenvalue weighted by Gasteiger charge is -2.36. The number of rotatable bonds is 6. The maximum absolute atomic E-state index is 14.1. The number of halogens is 4. The van der Waals surface area contributed by atoms with Crippen molar-refractivity contribution in [3.05, 3.63) is 100 Å². The largest absolute Gasteiger partial charge is 0.419 e. The van der Waals surface area contributed by atoms with Crippen molar-refractivity contribution < 1.29 is 34.4 Å². The van der Waals surface area contributed by atoms with Crippen LogP contribution in [-0.4, -0.2) is 64.2 Å². The van der Waals surface area contributed by atoms with Gasteiger partial charge in [-0.1, -0.05) is 42.5 Å². The van der Waals surface area contributed by atoms with Gasteiger partial charge in [-0.25, -0.2) is 25.5 Å². The lowest BCUT2D eigenvalue weighted by atomic mass is 10.1. The van der Waals surface area contributed by atoms with E-state index in [1.165, 1.54) is 36.4 Å². The monoisotopic (exact) mass is 595 g/mol. The summed E-state index contributed by atoms with van der Waals surface area (Å²) in [5.74, 6) is -1.52. The second-order valence-corrected chi connectivity index (χ2v) is 13.3. The van der Waals surface area contributed by atoms with Crippen LogP contribution < -0.4 is 0 Å². The van der Waals surface area contributed by atoms with E-state index in [1.54, 1.807) is 23.1 Å². The molecule has 0 radical (unpaired) electrons. The van der Waals surface area contributed by atoms with Crippen LogP contribution in [0, 0.1) is 5.82 Å². The molecule has 3 aromatic rings. The first-order chi connectivity index (χ1) is 18.8. The number of fused-ring (bicyclic) bond motifs is 1. The predicted molar refractivity (Wildman–Crippen MR) is 140 cm³/mol. The van der Waals surface area contributed by atoms with Gasteiger partial charge >= 0.3 is 6.18 Å². The van der Waals surface area contributed by atoms with E-state index >= 15 is 0 Å². The first kappa shape index (κ1) is 28.1. The molecule has 0 spiro atoms. The number of hydrogen-bond donors (Lipinski definition) is 0. The number of hydrogen-bond acceptors (Lipinski definition) is 6. The third-order valence-corrected chi connectivity index (χ3v) is 10.7. The number of piperazine rings is 1. The molecule has 0 bridgehead atoms. The molecule has 212 valence electrons. The molecule has 2 aliphatic heterocycles. The maximum Gasteiger partial charge on any atom is 0.419 e. The fourth-order valence-corrected chi connectivity index (χ4v) is 8.59. The van der Waals surface area contributed by atoms with Gasteiger partial charge in [-0.05, 0) is 42.9 Å². The lowest BCUT2D eigenvalue weighted by molar-refractivity contribution is -0.140. The van der Waals surface area contributed by atoms with E-state index in [4.69, 9.17) is 0 Å². The smallest absolute Gasteiger partial charge is 0.366 e. The van der Waals surface area contributed by atoms with Gasteiger partial charge in [-0.15, -0.1) is 0 Å². The Hall–Kier alpha value is -3.42.